The molecule has 0 heterocycles. The number of benzene rings is 3. The number of amides is 1. The highest BCUT2D eigenvalue weighted by molar-refractivity contribution is 7.89. The van der Waals surface area contributed by atoms with Gasteiger partial charge >= 0.3 is 5.97 Å². The highest BCUT2D eigenvalue weighted by Gasteiger charge is 2.28. The second kappa shape index (κ2) is 12.7. The predicted octanol–water partition coefficient (Wildman–Crippen LogP) is 5.10. The lowest BCUT2D eigenvalue weighted by molar-refractivity contribution is -0.117. The molecule has 0 spiro atoms. The summed E-state index contributed by atoms with van der Waals surface area (Å²) in [5.74, 6) is -0.932. The number of carbonyl (C=O) groups excluding carboxylic acids is 2. The Balaban J connectivity index is 1.81. The molecule has 7 nitrogen and oxygen atoms in total. The largest absolute Gasteiger partial charge is 0.462 e. The maximum Gasteiger partial charge on any atom is 0.338 e. The number of sulfonamides is 1. The third-order valence-electron chi connectivity index (χ3n) is 5.89. The van der Waals surface area contributed by atoms with Gasteiger partial charge in [-0.2, -0.15) is 4.72 Å². The maximum absolute atomic E-state index is 13.4. The second-order valence-corrected chi connectivity index (χ2v) is 10.8. The molecule has 2 N–H and O–H groups in total. The molecule has 0 aliphatic rings. The summed E-state index contributed by atoms with van der Waals surface area (Å²) in [6, 6.07) is 18.1. The first-order valence-electron chi connectivity index (χ1n) is 12.3. The summed E-state index contributed by atoms with van der Waals surface area (Å²) >= 11 is 0. The van der Waals surface area contributed by atoms with Gasteiger partial charge < -0.3 is 10.1 Å². The van der Waals surface area contributed by atoms with Crippen LogP contribution in [-0.2, 0) is 26.0 Å². The van der Waals surface area contributed by atoms with Crippen LogP contribution in [0.4, 0.5) is 5.69 Å². The molecule has 3 rings (SSSR count). The van der Waals surface area contributed by atoms with Gasteiger partial charge in [-0.1, -0.05) is 61.4 Å². The van der Waals surface area contributed by atoms with Gasteiger partial charge in [0.2, 0.25) is 15.9 Å². The van der Waals surface area contributed by atoms with Crippen LogP contribution in [0.25, 0.3) is 0 Å². The molecule has 8 heteroatoms. The molecule has 0 saturated heterocycles. The van der Waals surface area contributed by atoms with Crippen LogP contribution in [-0.4, -0.2) is 32.9 Å². The fraction of sp³-hybridized carbons (Fsp3) is 0.310. The molecular weight excluding hydrogens is 488 g/mol. The summed E-state index contributed by atoms with van der Waals surface area (Å²) in [6.45, 7) is 7.77. The SMILES string of the molecule is CCCCOC(=O)c1ccc(NC(=O)[C@H](Cc2ccccc2)NS(=O)(=O)c2c(C)cc(C)cc2C)cc1. The van der Waals surface area contributed by atoms with Crippen LogP contribution in [0.2, 0.25) is 0 Å². The lowest BCUT2D eigenvalue weighted by Crippen LogP contribution is -2.45. The molecule has 0 aromatic heterocycles. The molecule has 0 aliphatic heterocycles. The van der Waals surface area contributed by atoms with Gasteiger partial charge in [-0.25, -0.2) is 13.2 Å². The van der Waals surface area contributed by atoms with Gasteiger partial charge in [-0.15, -0.1) is 0 Å². The summed E-state index contributed by atoms with van der Waals surface area (Å²) < 4.78 is 34.7. The number of anilines is 1. The Kier molecular flexibility index (Phi) is 9.60. The van der Waals surface area contributed by atoms with Crippen molar-refractivity contribution in [2.75, 3.05) is 11.9 Å². The van der Waals surface area contributed by atoms with Crippen molar-refractivity contribution < 1.29 is 22.7 Å². The van der Waals surface area contributed by atoms with Gasteiger partial charge in [0, 0.05) is 5.69 Å². The van der Waals surface area contributed by atoms with Crippen molar-refractivity contribution in [2.45, 2.75) is 57.9 Å². The summed E-state index contributed by atoms with van der Waals surface area (Å²) in [7, 11) is -4.00. The monoisotopic (exact) mass is 522 g/mol. The molecule has 3 aromatic carbocycles. The number of hydrogen-bond acceptors (Lipinski definition) is 5. The van der Waals surface area contributed by atoms with Crippen LogP contribution in [0.1, 0.15) is 52.4 Å². The molecule has 196 valence electrons. The van der Waals surface area contributed by atoms with Crippen molar-refractivity contribution in [1.82, 2.24) is 4.72 Å². The predicted molar refractivity (Wildman–Crippen MR) is 145 cm³/mol. The van der Waals surface area contributed by atoms with E-state index in [0.29, 0.717) is 29.0 Å². The molecule has 37 heavy (non-hydrogen) atoms. The molecule has 1 amide bonds. The van der Waals surface area contributed by atoms with Crippen LogP contribution in [0.3, 0.4) is 0 Å². The number of hydrogen-bond donors (Lipinski definition) is 2. The number of ether oxygens (including phenoxy) is 1. The Morgan fingerprint density at radius 3 is 2.14 bits per heavy atom. The summed E-state index contributed by atoms with van der Waals surface area (Å²) in [5.41, 5.74) is 3.82. The van der Waals surface area contributed by atoms with E-state index in [0.717, 1.165) is 24.0 Å². The van der Waals surface area contributed by atoms with E-state index in [2.05, 4.69) is 10.0 Å². The van der Waals surface area contributed by atoms with E-state index in [9.17, 15) is 18.0 Å². The number of esters is 1. The summed E-state index contributed by atoms with van der Waals surface area (Å²) in [6.07, 6.45) is 1.88. The normalized spacial score (nSPS) is 12.1. The fourth-order valence-corrected chi connectivity index (χ4v) is 5.83. The van der Waals surface area contributed by atoms with Crippen molar-refractivity contribution in [3.8, 4) is 0 Å². The smallest absolute Gasteiger partial charge is 0.338 e. The van der Waals surface area contributed by atoms with E-state index in [-0.39, 0.29) is 11.3 Å². The van der Waals surface area contributed by atoms with Gasteiger partial charge in [0.25, 0.3) is 0 Å². The van der Waals surface area contributed by atoms with Gasteiger partial charge in [-0.3, -0.25) is 4.79 Å². The summed E-state index contributed by atoms with van der Waals surface area (Å²) in [5, 5.41) is 2.78. The molecule has 0 fully saturated rings. The standard InChI is InChI=1S/C29H34N2O5S/c1-5-6-16-36-29(33)24-12-14-25(15-13-24)30-28(32)26(19-23-10-8-7-9-11-23)31-37(34,35)27-21(3)17-20(2)18-22(27)4/h7-15,17-18,26,31H,5-6,16,19H2,1-4H3,(H,30,32)/t26-/m0/s1. The zero-order valence-corrected chi connectivity index (χ0v) is 22.5. The zero-order valence-electron chi connectivity index (χ0n) is 21.7. The average molecular weight is 523 g/mol. The lowest BCUT2D eigenvalue weighted by Gasteiger charge is -2.21. The minimum Gasteiger partial charge on any atom is -0.462 e. The van der Waals surface area contributed by atoms with Crippen LogP contribution >= 0.6 is 0 Å². The van der Waals surface area contributed by atoms with E-state index in [1.54, 1.807) is 38.1 Å². The third-order valence-corrected chi connectivity index (χ3v) is 7.67. The van der Waals surface area contributed by atoms with Gasteiger partial charge in [-0.05, 0) is 74.6 Å². The van der Waals surface area contributed by atoms with Crippen LogP contribution < -0.4 is 10.0 Å². The first-order valence-corrected chi connectivity index (χ1v) is 13.8. The van der Waals surface area contributed by atoms with Gasteiger partial charge in [0.15, 0.2) is 0 Å². The minimum absolute atomic E-state index is 0.164. The van der Waals surface area contributed by atoms with Crippen molar-refractivity contribution in [3.63, 3.8) is 0 Å². The Morgan fingerprint density at radius 1 is 0.919 bits per heavy atom. The quantitative estimate of drug-likeness (QED) is 0.270. The van der Waals surface area contributed by atoms with E-state index in [4.69, 9.17) is 4.74 Å². The lowest BCUT2D eigenvalue weighted by atomic mass is 10.1. The van der Waals surface area contributed by atoms with Crippen molar-refractivity contribution in [2.24, 2.45) is 0 Å². The van der Waals surface area contributed by atoms with Crippen molar-refractivity contribution >= 4 is 27.6 Å². The molecule has 0 saturated carbocycles. The van der Waals surface area contributed by atoms with E-state index in [1.807, 2.05) is 56.3 Å². The van der Waals surface area contributed by atoms with Crippen molar-refractivity contribution in [3.05, 3.63) is 94.5 Å². The maximum atomic E-state index is 13.4. The van der Waals surface area contributed by atoms with E-state index >= 15 is 0 Å². The zero-order chi connectivity index (χ0) is 27.0. The fourth-order valence-electron chi connectivity index (χ4n) is 4.19. The van der Waals surface area contributed by atoms with Crippen LogP contribution in [0, 0.1) is 20.8 Å². The molecule has 1 atom stereocenters. The Morgan fingerprint density at radius 2 is 1.54 bits per heavy atom. The second-order valence-electron chi connectivity index (χ2n) is 9.15. The molecule has 0 radical (unpaired) electrons. The Labute approximate surface area is 219 Å². The number of nitrogens with one attached hydrogen (secondary N) is 2. The van der Waals surface area contributed by atoms with Gasteiger partial charge in [0.1, 0.15) is 6.04 Å². The van der Waals surface area contributed by atoms with E-state index in [1.165, 1.54) is 0 Å². The molecule has 0 unspecified atom stereocenters. The number of rotatable bonds is 11. The number of carbonyl (C=O) groups is 2. The third kappa shape index (κ3) is 7.74. The van der Waals surface area contributed by atoms with Crippen LogP contribution in [0.5, 0.6) is 0 Å². The molecule has 0 bridgehead atoms. The van der Waals surface area contributed by atoms with Gasteiger partial charge in [0.05, 0.1) is 17.1 Å². The minimum atomic E-state index is -4.00. The average Bonchev–Trinajstić information content (AvgIpc) is 2.84. The van der Waals surface area contributed by atoms with Crippen molar-refractivity contribution in [1.29, 1.82) is 0 Å². The molecule has 3 aromatic rings. The highest BCUT2D eigenvalue weighted by atomic mass is 32.2. The summed E-state index contributed by atoms with van der Waals surface area (Å²) in [4.78, 5) is 25.6. The highest BCUT2D eigenvalue weighted by Crippen LogP contribution is 2.22. The van der Waals surface area contributed by atoms with Crippen LogP contribution in [0.15, 0.2) is 71.6 Å². The topological polar surface area (TPSA) is 102 Å². The number of aryl methyl sites for hydroxylation is 3. The molecular formula is C29H34N2O5S. The first kappa shape index (κ1) is 28.1. The number of unbranched alkanes of at least 4 members (excludes halogenated alkanes) is 1. The molecule has 0 aliphatic carbocycles. The Bertz CT molecular complexity index is 1310. The van der Waals surface area contributed by atoms with E-state index < -0.39 is 27.9 Å². The first-order chi connectivity index (χ1) is 17.6. The Hall–Kier alpha value is -3.49.